The lowest BCUT2D eigenvalue weighted by molar-refractivity contribution is -0.118. The van der Waals surface area contributed by atoms with Crippen LogP contribution in [0.2, 0.25) is 0 Å². The minimum Gasteiger partial charge on any atom is -0.469 e. The molecule has 1 aromatic heterocycles. The number of carbonyl (C=O) groups is 2. The summed E-state index contributed by atoms with van der Waals surface area (Å²) in [5, 5.41) is 5.37. The van der Waals surface area contributed by atoms with Crippen LogP contribution in [-0.2, 0) is 16.0 Å². The second-order valence-corrected chi connectivity index (χ2v) is 6.34. The summed E-state index contributed by atoms with van der Waals surface area (Å²) in [4.78, 5) is 24.5. The van der Waals surface area contributed by atoms with Crippen molar-refractivity contribution >= 4 is 17.7 Å². The maximum atomic E-state index is 12.5. The molecule has 0 fully saturated rings. The van der Waals surface area contributed by atoms with E-state index in [4.69, 9.17) is 9.15 Å². The number of anilines is 1. The topological polar surface area (TPSA) is 80.6 Å². The van der Waals surface area contributed by atoms with Crippen molar-refractivity contribution in [3.05, 3.63) is 54.5 Å². The third-order valence-corrected chi connectivity index (χ3v) is 3.03. The van der Waals surface area contributed by atoms with Gasteiger partial charge < -0.3 is 19.8 Å². The fourth-order valence-electron chi connectivity index (χ4n) is 2.04. The van der Waals surface area contributed by atoms with Gasteiger partial charge in [-0.2, -0.15) is 0 Å². The second-order valence-electron chi connectivity index (χ2n) is 6.34. The van der Waals surface area contributed by atoms with Gasteiger partial charge in [0.05, 0.1) is 6.26 Å². The second kappa shape index (κ2) is 7.68. The first-order valence-corrected chi connectivity index (χ1v) is 7.71. The van der Waals surface area contributed by atoms with Crippen molar-refractivity contribution in [3.63, 3.8) is 0 Å². The zero-order valence-electron chi connectivity index (χ0n) is 14.0. The summed E-state index contributed by atoms with van der Waals surface area (Å²) in [7, 11) is 0. The Labute approximate surface area is 141 Å². The molecule has 2 rings (SSSR count). The molecule has 2 aromatic rings. The van der Waals surface area contributed by atoms with E-state index in [0.29, 0.717) is 11.4 Å². The van der Waals surface area contributed by atoms with Crippen molar-refractivity contribution in [2.24, 2.45) is 0 Å². The number of hydrogen-bond acceptors (Lipinski definition) is 4. The summed E-state index contributed by atoms with van der Waals surface area (Å²) in [5.74, 6) is 0.253. The van der Waals surface area contributed by atoms with E-state index in [0.717, 1.165) is 0 Å². The van der Waals surface area contributed by atoms with Crippen molar-refractivity contribution in [1.29, 1.82) is 0 Å². The number of alkyl carbamates (subject to hydrolysis) is 1. The highest BCUT2D eigenvalue weighted by Gasteiger charge is 2.25. The molecule has 24 heavy (non-hydrogen) atoms. The number of rotatable bonds is 5. The molecule has 128 valence electrons. The molecule has 0 aliphatic carbocycles. The Morgan fingerprint density at radius 2 is 1.83 bits per heavy atom. The summed E-state index contributed by atoms with van der Waals surface area (Å²) in [6, 6.07) is 11.7. The molecule has 0 saturated carbocycles. The number of ether oxygens (including phenoxy) is 1. The maximum Gasteiger partial charge on any atom is 0.408 e. The molecule has 2 amide bonds. The van der Waals surface area contributed by atoms with Crippen LogP contribution in [0.3, 0.4) is 0 Å². The van der Waals surface area contributed by atoms with Crippen LogP contribution in [0.25, 0.3) is 0 Å². The first kappa shape index (κ1) is 17.6. The monoisotopic (exact) mass is 330 g/mol. The molecule has 1 atom stereocenters. The molecule has 1 aromatic carbocycles. The summed E-state index contributed by atoms with van der Waals surface area (Å²) in [6.07, 6.45) is 1.10. The number of para-hydroxylation sites is 1. The molecule has 0 bridgehead atoms. The first-order chi connectivity index (χ1) is 11.3. The Morgan fingerprint density at radius 1 is 1.12 bits per heavy atom. The zero-order valence-corrected chi connectivity index (χ0v) is 14.0. The predicted molar refractivity (Wildman–Crippen MR) is 90.6 cm³/mol. The molecule has 6 heteroatoms. The molecule has 0 spiro atoms. The summed E-state index contributed by atoms with van der Waals surface area (Å²) in [5.41, 5.74) is 0.00723. The van der Waals surface area contributed by atoms with E-state index in [9.17, 15) is 9.59 Å². The van der Waals surface area contributed by atoms with E-state index in [2.05, 4.69) is 10.6 Å². The van der Waals surface area contributed by atoms with Crippen LogP contribution >= 0.6 is 0 Å². The van der Waals surface area contributed by atoms with Crippen LogP contribution in [0.15, 0.2) is 53.1 Å². The average molecular weight is 330 g/mol. The largest absolute Gasteiger partial charge is 0.469 e. The fraction of sp³-hybridized carbons (Fsp3) is 0.333. The molecular formula is C18H22N2O4. The third-order valence-electron chi connectivity index (χ3n) is 3.03. The molecule has 0 aliphatic rings. The van der Waals surface area contributed by atoms with Gasteiger partial charge in [-0.3, -0.25) is 4.79 Å². The SMILES string of the molecule is CC(C)(C)OC(=O)NC(Cc1ccco1)C(=O)Nc1ccccc1. The Balaban J connectivity index is 2.07. The summed E-state index contributed by atoms with van der Waals surface area (Å²) >= 11 is 0. The van der Waals surface area contributed by atoms with E-state index in [1.165, 1.54) is 6.26 Å². The van der Waals surface area contributed by atoms with E-state index in [1.54, 1.807) is 45.0 Å². The third kappa shape index (κ3) is 5.79. The van der Waals surface area contributed by atoms with Crippen molar-refractivity contribution in [2.45, 2.75) is 38.8 Å². The Morgan fingerprint density at radius 3 is 2.42 bits per heavy atom. The zero-order chi connectivity index (χ0) is 17.6. The normalized spacial score (nSPS) is 12.3. The van der Waals surface area contributed by atoms with E-state index >= 15 is 0 Å². The summed E-state index contributed by atoms with van der Waals surface area (Å²) < 4.78 is 10.5. The van der Waals surface area contributed by atoms with E-state index in [-0.39, 0.29) is 12.3 Å². The molecule has 6 nitrogen and oxygen atoms in total. The van der Waals surface area contributed by atoms with E-state index in [1.807, 2.05) is 18.2 Å². The molecule has 0 radical (unpaired) electrons. The number of amides is 2. The van der Waals surface area contributed by atoms with Gasteiger partial charge in [0.15, 0.2) is 0 Å². The molecule has 0 aliphatic heterocycles. The van der Waals surface area contributed by atoms with Crippen LogP contribution in [0.4, 0.5) is 10.5 Å². The van der Waals surface area contributed by atoms with Crippen LogP contribution < -0.4 is 10.6 Å². The minimum atomic E-state index is -0.814. The lowest BCUT2D eigenvalue weighted by Crippen LogP contribution is -2.47. The Hall–Kier alpha value is -2.76. The van der Waals surface area contributed by atoms with Gasteiger partial charge in [-0.15, -0.1) is 0 Å². The number of carbonyl (C=O) groups excluding carboxylic acids is 2. The van der Waals surface area contributed by atoms with Gasteiger partial charge in [-0.1, -0.05) is 18.2 Å². The van der Waals surface area contributed by atoms with Gasteiger partial charge in [-0.25, -0.2) is 4.79 Å². The Bertz CT molecular complexity index is 660. The van der Waals surface area contributed by atoms with Gasteiger partial charge in [0.2, 0.25) is 5.91 Å². The standard InChI is InChI=1S/C18H22N2O4/c1-18(2,3)24-17(22)20-15(12-14-10-7-11-23-14)16(21)19-13-8-5-4-6-9-13/h4-11,15H,12H2,1-3H3,(H,19,21)(H,20,22). The number of benzene rings is 1. The van der Waals surface area contributed by atoms with Crippen LogP contribution in [-0.4, -0.2) is 23.6 Å². The molecule has 2 N–H and O–H groups in total. The van der Waals surface area contributed by atoms with E-state index < -0.39 is 17.7 Å². The van der Waals surface area contributed by atoms with Gasteiger partial charge in [0, 0.05) is 12.1 Å². The number of furan rings is 1. The fourth-order valence-corrected chi connectivity index (χ4v) is 2.04. The maximum absolute atomic E-state index is 12.5. The quantitative estimate of drug-likeness (QED) is 0.881. The van der Waals surface area contributed by atoms with Crippen LogP contribution in [0, 0.1) is 0 Å². The molecule has 1 heterocycles. The van der Waals surface area contributed by atoms with Gasteiger partial charge >= 0.3 is 6.09 Å². The highest BCUT2D eigenvalue weighted by molar-refractivity contribution is 5.96. The molecule has 0 saturated heterocycles. The van der Waals surface area contributed by atoms with Crippen LogP contribution in [0.5, 0.6) is 0 Å². The van der Waals surface area contributed by atoms with Gasteiger partial charge in [-0.05, 0) is 45.0 Å². The summed E-state index contributed by atoms with van der Waals surface area (Å²) in [6.45, 7) is 5.29. The van der Waals surface area contributed by atoms with Gasteiger partial charge in [0.25, 0.3) is 0 Å². The Kier molecular flexibility index (Phi) is 5.63. The lowest BCUT2D eigenvalue weighted by Gasteiger charge is -2.23. The van der Waals surface area contributed by atoms with Crippen molar-refractivity contribution < 1.29 is 18.7 Å². The average Bonchev–Trinajstić information content (AvgIpc) is 2.98. The van der Waals surface area contributed by atoms with Crippen molar-refractivity contribution in [2.75, 3.05) is 5.32 Å². The smallest absolute Gasteiger partial charge is 0.408 e. The number of nitrogens with one attached hydrogen (secondary N) is 2. The minimum absolute atomic E-state index is 0.227. The molecule has 1 unspecified atom stereocenters. The molecular weight excluding hydrogens is 308 g/mol. The predicted octanol–water partition coefficient (Wildman–Crippen LogP) is 3.35. The van der Waals surface area contributed by atoms with Gasteiger partial charge in [0.1, 0.15) is 17.4 Å². The van der Waals surface area contributed by atoms with Crippen molar-refractivity contribution in [1.82, 2.24) is 5.32 Å². The highest BCUT2D eigenvalue weighted by atomic mass is 16.6. The highest BCUT2D eigenvalue weighted by Crippen LogP contribution is 2.11. The number of hydrogen-bond donors (Lipinski definition) is 2. The lowest BCUT2D eigenvalue weighted by atomic mass is 10.1. The van der Waals surface area contributed by atoms with Crippen LogP contribution in [0.1, 0.15) is 26.5 Å². The first-order valence-electron chi connectivity index (χ1n) is 7.71. The van der Waals surface area contributed by atoms with Crippen molar-refractivity contribution in [3.8, 4) is 0 Å².